The third-order valence-corrected chi connectivity index (χ3v) is 4.71. The molecule has 1 aliphatic heterocycles. The Morgan fingerprint density at radius 1 is 1.29 bits per heavy atom. The van der Waals surface area contributed by atoms with E-state index in [4.69, 9.17) is 0 Å². The molecule has 1 aliphatic rings. The number of nitrogens with zero attached hydrogens (tertiary/aromatic N) is 1. The van der Waals surface area contributed by atoms with Crippen LogP contribution >= 0.6 is 12.6 Å². The quantitative estimate of drug-likeness (QED) is 0.805. The minimum atomic E-state index is 0.173. The number of thiol groups is 1. The van der Waals surface area contributed by atoms with Crippen molar-refractivity contribution in [1.82, 2.24) is 4.90 Å². The Balaban J connectivity index is 2.30. The number of fused-ring (bicyclic) bond motifs is 1. The summed E-state index contributed by atoms with van der Waals surface area (Å²) in [6, 6.07) is 7.01. The average molecular weight is 249 g/mol. The summed E-state index contributed by atoms with van der Waals surface area (Å²) in [7, 11) is 0. The van der Waals surface area contributed by atoms with Gasteiger partial charge in [0.2, 0.25) is 0 Å². The lowest BCUT2D eigenvalue weighted by Gasteiger charge is -2.30. The molecule has 0 bridgehead atoms. The van der Waals surface area contributed by atoms with E-state index in [9.17, 15) is 0 Å². The highest BCUT2D eigenvalue weighted by Crippen LogP contribution is 2.28. The summed E-state index contributed by atoms with van der Waals surface area (Å²) >= 11 is 4.46. The van der Waals surface area contributed by atoms with Gasteiger partial charge >= 0.3 is 0 Å². The fraction of sp³-hybridized carbons (Fsp3) is 0.600. The largest absolute Gasteiger partial charge is 0.299 e. The van der Waals surface area contributed by atoms with Crippen molar-refractivity contribution in [3.8, 4) is 0 Å². The van der Waals surface area contributed by atoms with E-state index in [2.05, 4.69) is 56.5 Å². The van der Waals surface area contributed by atoms with E-state index in [-0.39, 0.29) is 5.41 Å². The third kappa shape index (κ3) is 2.69. The third-order valence-electron chi connectivity index (χ3n) is 3.92. The molecule has 0 atom stereocenters. The lowest BCUT2D eigenvalue weighted by molar-refractivity contribution is 0.268. The minimum Gasteiger partial charge on any atom is -0.299 e. The molecule has 0 amide bonds. The van der Waals surface area contributed by atoms with Gasteiger partial charge in [-0.2, -0.15) is 12.6 Å². The monoisotopic (exact) mass is 249 g/mol. The zero-order chi connectivity index (χ0) is 12.5. The number of benzene rings is 1. The summed E-state index contributed by atoms with van der Waals surface area (Å²) in [4.78, 5) is 2.51. The van der Waals surface area contributed by atoms with Gasteiger partial charge in [-0.1, -0.05) is 39.0 Å². The molecule has 94 valence electrons. The maximum absolute atomic E-state index is 4.46. The Labute approximate surface area is 111 Å². The number of rotatable bonds is 3. The van der Waals surface area contributed by atoms with Crippen molar-refractivity contribution in [2.24, 2.45) is 0 Å². The Hall–Kier alpha value is -0.470. The van der Waals surface area contributed by atoms with E-state index in [0.29, 0.717) is 0 Å². The number of likely N-dealkylation sites (N-methyl/N-ethyl adjacent to an activating group) is 1. The van der Waals surface area contributed by atoms with E-state index < -0.39 is 0 Å². The van der Waals surface area contributed by atoms with E-state index in [1.165, 1.54) is 29.7 Å². The van der Waals surface area contributed by atoms with Crippen LogP contribution in [0, 0.1) is 0 Å². The van der Waals surface area contributed by atoms with Gasteiger partial charge in [-0.25, -0.2) is 0 Å². The van der Waals surface area contributed by atoms with Crippen LogP contribution in [0.1, 0.15) is 37.5 Å². The predicted octanol–water partition coefficient (Wildman–Crippen LogP) is 3.27. The van der Waals surface area contributed by atoms with Crippen LogP contribution in [0.5, 0.6) is 0 Å². The topological polar surface area (TPSA) is 3.24 Å². The first-order chi connectivity index (χ1) is 8.06. The van der Waals surface area contributed by atoms with Crippen molar-refractivity contribution in [3.05, 3.63) is 34.9 Å². The molecular formula is C15H23NS. The Bertz CT molecular complexity index is 398. The first-order valence-corrected chi connectivity index (χ1v) is 7.15. The molecule has 0 saturated carbocycles. The predicted molar refractivity (Wildman–Crippen MR) is 78.0 cm³/mol. The molecule has 0 radical (unpaired) electrons. The Morgan fingerprint density at radius 2 is 2.06 bits per heavy atom. The molecule has 1 heterocycles. The van der Waals surface area contributed by atoms with Crippen LogP contribution in [-0.4, -0.2) is 23.7 Å². The Kier molecular flexibility index (Phi) is 3.84. The lowest BCUT2D eigenvalue weighted by atomic mass is 9.84. The highest BCUT2D eigenvalue weighted by atomic mass is 32.1. The van der Waals surface area contributed by atoms with E-state index in [1.807, 2.05) is 0 Å². The van der Waals surface area contributed by atoms with E-state index >= 15 is 0 Å². The first-order valence-electron chi connectivity index (χ1n) is 6.52. The van der Waals surface area contributed by atoms with Crippen LogP contribution in [0.15, 0.2) is 18.2 Å². The van der Waals surface area contributed by atoms with Crippen LogP contribution in [0.3, 0.4) is 0 Å². The molecule has 0 saturated heterocycles. The molecular weight excluding hydrogens is 226 g/mol. The van der Waals surface area contributed by atoms with Crippen LogP contribution in [-0.2, 0) is 18.4 Å². The van der Waals surface area contributed by atoms with Gasteiger partial charge in [0.25, 0.3) is 0 Å². The molecule has 0 fully saturated rings. The molecule has 0 aromatic heterocycles. The van der Waals surface area contributed by atoms with Crippen molar-refractivity contribution >= 4 is 12.6 Å². The van der Waals surface area contributed by atoms with Crippen molar-refractivity contribution in [1.29, 1.82) is 0 Å². The van der Waals surface area contributed by atoms with Crippen molar-refractivity contribution < 1.29 is 0 Å². The van der Waals surface area contributed by atoms with Gasteiger partial charge in [0.05, 0.1) is 0 Å². The highest BCUT2D eigenvalue weighted by molar-refractivity contribution is 7.80. The van der Waals surface area contributed by atoms with Gasteiger partial charge in [0, 0.05) is 13.1 Å². The maximum Gasteiger partial charge on any atom is 0.0236 e. The zero-order valence-corrected chi connectivity index (χ0v) is 12.1. The van der Waals surface area contributed by atoms with Crippen molar-refractivity contribution in [3.63, 3.8) is 0 Å². The van der Waals surface area contributed by atoms with Gasteiger partial charge in [0.1, 0.15) is 0 Å². The second kappa shape index (κ2) is 5.03. The molecule has 1 aromatic carbocycles. The summed E-state index contributed by atoms with van der Waals surface area (Å²) in [6.07, 6.45) is 1.20. The van der Waals surface area contributed by atoms with Crippen LogP contribution in [0.2, 0.25) is 0 Å². The van der Waals surface area contributed by atoms with Gasteiger partial charge in [-0.05, 0) is 40.8 Å². The van der Waals surface area contributed by atoms with Crippen LogP contribution in [0.25, 0.3) is 0 Å². The second-order valence-corrected chi connectivity index (χ2v) is 5.96. The van der Waals surface area contributed by atoms with Gasteiger partial charge in [0.15, 0.2) is 0 Å². The molecule has 2 rings (SSSR count). The summed E-state index contributed by atoms with van der Waals surface area (Å²) in [5, 5.41) is 0. The maximum atomic E-state index is 4.46. The highest BCUT2D eigenvalue weighted by Gasteiger charge is 2.21. The summed E-state index contributed by atoms with van der Waals surface area (Å²) in [5.41, 5.74) is 4.65. The molecule has 2 heteroatoms. The number of hydrogen-bond donors (Lipinski definition) is 1. The smallest absolute Gasteiger partial charge is 0.0236 e. The fourth-order valence-electron chi connectivity index (χ4n) is 2.40. The number of hydrogen-bond acceptors (Lipinski definition) is 2. The van der Waals surface area contributed by atoms with Crippen molar-refractivity contribution in [2.45, 2.75) is 39.2 Å². The molecule has 0 aliphatic carbocycles. The van der Waals surface area contributed by atoms with Gasteiger partial charge in [-0.3, -0.25) is 4.90 Å². The van der Waals surface area contributed by atoms with E-state index in [1.54, 1.807) is 0 Å². The zero-order valence-electron chi connectivity index (χ0n) is 11.2. The summed E-state index contributed by atoms with van der Waals surface area (Å²) < 4.78 is 0. The standard InChI is InChI=1S/C15H23NS/c1-4-16-8-7-12-5-6-14(9-13(12)10-16)15(2,3)11-17/h5-6,9,17H,4,7-8,10-11H2,1-3H3. The Morgan fingerprint density at radius 3 is 2.71 bits per heavy atom. The summed E-state index contributed by atoms with van der Waals surface area (Å²) in [5.74, 6) is 0.892. The lowest BCUT2D eigenvalue weighted by Crippen LogP contribution is -2.30. The molecule has 0 N–H and O–H groups in total. The molecule has 17 heavy (non-hydrogen) atoms. The SMILES string of the molecule is CCN1CCc2ccc(C(C)(C)CS)cc2C1. The van der Waals surface area contributed by atoms with E-state index in [0.717, 1.165) is 18.8 Å². The average Bonchev–Trinajstić information content (AvgIpc) is 2.37. The van der Waals surface area contributed by atoms with Crippen LogP contribution in [0.4, 0.5) is 0 Å². The molecule has 1 aromatic rings. The summed E-state index contributed by atoms with van der Waals surface area (Å²) in [6.45, 7) is 10.2. The molecule has 0 spiro atoms. The minimum absolute atomic E-state index is 0.173. The fourth-order valence-corrected chi connectivity index (χ4v) is 2.58. The normalized spacial score (nSPS) is 16.9. The van der Waals surface area contributed by atoms with Gasteiger partial charge in [-0.15, -0.1) is 0 Å². The first kappa shape index (κ1) is 13.0. The molecule has 0 unspecified atom stereocenters. The second-order valence-electron chi connectivity index (χ2n) is 5.64. The van der Waals surface area contributed by atoms with Crippen molar-refractivity contribution in [2.75, 3.05) is 18.8 Å². The van der Waals surface area contributed by atoms with Gasteiger partial charge < -0.3 is 0 Å². The van der Waals surface area contributed by atoms with Crippen LogP contribution < -0.4 is 0 Å². The molecule has 1 nitrogen and oxygen atoms in total.